The quantitative estimate of drug-likeness (QED) is 0.566. The SMILES string of the molecule is Cc1cccc2cc(C(NN)c3ccc(Cl)c(F)c3)oc12. The van der Waals surface area contributed by atoms with Crippen LogP contribution in [0.5, 0.6) is 0 Å². The highest BCUT2D eigenvalue weighted by molar-refractivity contribution is 6.30. The van der Waals surface area contributed by atoms with Gasteiger partial charge in [0.25, 0.3) is 0 Å². The molecule has 0 saturated heterocycles. The monoisotopic (exact) mass is 304 g/mol. The molecule has 3 aromatic rings. The molecular weight excluding hydrogens is 291 g/mol. The smallest absolute Gasteiger partial charge is 0.142 e. The van der Waals surface area contributed by atoms with E-state index in [1.54, 1.807) is 6.07 Å². The third-order valence-corrected chi connectivity index (χ3v) is 3.79. The largest absolute Gasteiger partial charge is 0.459 e. The zero-order valence-electron chi connectivity index (χ0n) is 11.4. The van der Waals surface area contributed by atoms with Gasteiger partial charge in [-0.1, -0.05) is 35.9 Å². The molecule has 0 amide bonds. The van der Waals surface area contributed by atoms with E-state index in [4.69, 9.17) is 21.9 Å². The zero-order valence-corrected chi connectivity index (χ0v) is 12.1. The third kappa shape index (κ3) is 2.53. The lowest BCUT2D eigenvalue weighted by Gasteiger charge is -2.14. The molecule has 0 spiro atoms. The van der Waals surface area contributed by atoms with Gasteiger partial charge in [0.2, 0.25) is 0 Å². The Hall–Kier alpha value is -1.88. The Kier molecular flexibility index (Phi) is 3.68. The molecule has 3 nitrogen and oxygen atoms in total. The van der Waals surface area contributed by atoms with Gasteiger partial charge in [-0.3, -0.25) is 5.84 Å². The number of para-hydroxylation sites is 1. The Morgan fingerprint density at radius 1 is 1.24 bits per heavy atom. The number of nitrogens with one attached hydrogen (secondary N) is 1. The number of fused-ring (bicyclic) bond motifs is 1. The molecule has 3 rings (SSSR count). The molecule has 1 heterocycles. The number of hydrazine groups is 1. The molecule has 0 bridgehead atoms. The molecule has 1 aromatic heterocycles. The second-order valence-corrected chi connectivity index (χ2v) is 5.32. The van der Waals surface area contributed by atoms with Gasteiger partial charge in [-0.05, 0) is 36.2 Å². The van der Waals surface area contributed by atoms with E-state index in [1.807, 2.05) is 31.2 Å². The zero-order chi connectivity index (χ0) is 15.0. The van der Waals surface area contributed by atoms with Gasteiger partial charge in [0.1, 0.15) is 23.2 Å². The van der Waals surface area contributed by atoms with Crippen molar-refractivity contribution in [1.82, 2.24) is 5.43 Å². The first kappa shape index (κ1) is 14.1. The Balaban J connectivity index is 2.09. The van der Waals surface area contributed by atoms with Gasteiger partial charge in [-0.2, -0.15) is 0 Å². The second kappa shape index (κ2) is 5.48. The average Bonchev–Trinajstić information content (AvgIpc) is 2.89. The first-order valence-electron chi connectivity index (χ1n) is 6.50. The van der Waals surface area contributed by atoms with Crippen molar-refractivity contribution in [1.29, 1.82) is 0 Å². The highest BCUT2D eigenvalue weighted by Crippen LogP contribution is 2.30. The van der Waals surface area contributed by atoms with E-state index >= 15 is 0 Å². The minimum atomic E-state index is -0.485. The molecule has 3 N–H and O–H groups in total. The molecule has 1 atom stereocenters. The molecule has 108 valence electrons. The number of hydrogen-bond acceptors (Lipinski definition) is 3. The van der Waals surface area contributed by atoms with Crippen molar-refractivity contribution >= 4 is 22.6 Å². The number of nitrogens with two attached hydrogens (primary N) is 1. The first-order chi connectivity index (χ1) is 10.1. The lowest BCUT2D eigenvalue weighted by Crippen LogP contribution is -2.28. The van der Waals surface area contributed by atoms with E-state index < -0.39 is 11.9 Å². The van der Waals surface area contributed by atoms with Gasteiger partial charge in [0, 0.05) is 5.39 Å². The fraction of sp³-hybridized carbons (Fsp3) is 0.125. The van der Waals surface area contributed by atoms with Gasteiger partial charge < -0.3 is 4.42 Å². The van der Waals surface area contributed by atoms with Gasteiger partial charge in [-0.25, -0.2) is 9.82 Å². The Morgan fingerprint density at radius 2 is 2.05 bits per heavy atom. The summed E-state index contributed by atoms with van der Waals surface area (Å²) in [6, 6.07) is 11.9. The lowest BCUT2D eigenvalue weighted by molar-refractivity contribution is 0.474. The van der Waals surface area contributed by atoms with E-state index in [2.05, 4.69) is 5.43 Å². The molecule has 0 aliphatic carbocycles. The summed E-state index contributed by atoms with van der Waals surface area (Å²) >= 11 is 5.71. The summed E-state index contributed by atoms with van der Waals surface area (Å²) in [5.74, 6) is 5.76. The summed E-state index contributed by atoms with van der Waals surface area (Å²) in [4.78, 5) is 0. The van der Waals surface area contributed by atoms with E-state index in [0.29, 0.717) is 11.3 Å². The summed E-state index contributed by atoms with van der Waals surface area (Å²) in [7, 11) is 0. The van der Waals surface area contributed by atoms with Crippen molar-refractivity contribution in [3.05, 3.63) is 70.2 Å². The molecule has 0 radical (unpaired) electrons. The summed E-state index contributed by atoms with van der Waals surface area (Å²) in [5.41, 5.74) is 5.15. The maximum absolute atomic E-state index is 13.6. The van der Waals surface area contributed by atoms with E-state index in [1.165, 1.54) is 12.1 Å². The summed E-state index contributed by atoms with van der Waals surface area (Å²) in [5, 5.41) is 1.06. The summed E-state index contributed by atoms with van der Waals surface area (Å²) in [6.07, 6.45) is 0. The average molecular weight is 305 g/mol. The molecule has 2 aromatic carbocycles. The predicted octanol–water partition coefficient (Wildman–Crippen LogP) is 4.09. The van der Waals surface area contributed by atoms with Gasteiger partial charge in [0.05, 0.1) is 5.02 Å². The molecule has 0 fully saturated rings. The van der Waals surface area contributed by atoms with Crippen LogP contribution >= 0.6 is 11.6 Å². The number of aryl methyl sites for hydroxylation is 1. The number of hydrogen-bond donors (Lipinski definition) is 2. The fourth-order valence-corrected chi connectivity index (χ4v) is 2.52. The molecule has 5 heteroatoms. The number of furan rings is 1. The van der Waals surface area contributed by atoms with Crippen molar-refractivity contribution in [2.24, 2.45) is 5.84 Å². The van der Waals surface area contributed by atoms with Crippen LogP contribution in [-0.2, 0) is 0 Å². The number of halogens is 2. The van der Waals surface area contributed by atoms with Crippen LogP contribution in [0.3, 0.4) is 0 Å². The van der Waals surface area contributed by atoms with Crippen LogP contribution in [0.2, 0.25) is 5.02 Å². The van der Waals surface area contributed by atoms with Gasteiger partial charge in [-0.15, -0.1) is 0 Å². The highest BCUT2D eigenvalue weighted by atomic mass is 35.5. The molecular formula is C16H14ClFN2O. The lowest BCUT2D eigenvalue weighted by atomic mass is 10.0. The normalized spacial score (nSPS) is 12.8. The molecule has 0 aliphatic heterocycles. The second-order valence-electron chi connectivity index (χ2n) is 4.92. The van der Waals surface area contributed by atoms with Gasteiger partial charge in [0.15, 0.2) is 0 Å². The minimum absolute atomic E-state index is 0.0787. The standard InChI is InChI=1S/C16H14ClFN2O/c1-9-3-2-4-11-8-14(21-16(9)11)15(20-19)10-5-6-12(17)13(18)7-10/h2-8,15,20H,19H2,1H3. The van der Waals surface area contributed by atoms with Crippen molar-refractivity contribution in [2.45, 2.75) is 13.0 Å². The van der Waals surface area contributed by atoms with Crippen molar-refractivity contribution in [3.63, 3.8) is 0 Å². The number of rotatable bonds is 3. The number of benzene rings is 2. The van der Waals surface area contributed by atoms with Crippen LogP contribution in [0.15, 0.2) is 46.9 Å². The maximum Gasteiger partial charge on any atom is 0.142 e. The van der Waals surface area contributed by atoms with Crippen LogP contribution in [0.25, 0.3) is 11.0 Å². The van der Waals surface area contributed by atoms with Gasteiger partial charge >= 0.3 is 0 Å². The molecule has 0 saturated carbocycles. The topological polar surface area (TPSA) is 51.2 Å². The predicted molar refractivity (Wildman–Crippen MR) is 81.5 cm³/mol. The third-order valence-electron chi connectivity index (χ3n) is 3.49. The maximum atomic E-state index is 13.6. The first-order valence-corrected chi connectivity index (χ1v) is 6.88. The highest BCUT2D eigenvalue weighted by Gasteiger charge is 2.19. The van der Waals surface area contributed by atoms with Crippen molar-refractivity contribution in [3.8, 4) is 0 Å². The van der Waals surface area contributed by atoms with Crippen LogP contribution in [0.4, 0.5) is 4.39 Å². The molecule has 1 unspecified atom stereocenters. The molecule has 21 heavy (non-hydrogen) atoms. The summed E-state index contributed by atoms with van der Waals surface area (Å²) in [6.45, 7) is 1.97. The Morgan fingerprint density at radius 3 is 2.71 bits per heavy atom. The molecule has 0 aliphatic rings. The van der Waals surface area contributed by atoms with Crippen LogP contribution in [0.1, 0.15) is 22.9 Å². The van der Waals surface area contributed by atoms with Crippen LogP contribution in [0, 0.1) is 12.7 Å². The van der Waals surface area contributed by atoms with Crippen LogP contribution in [-0.4, -0.2) is 0 Å². The van der Waals surface area contributed by atoms with E-state index in [0.717, 1.165) is 16.5 Å². The fourth-order valence-electron chi connectivity index (χ4n) is 2.41. The van der Waals surface area contributed by atoms with Crippen molar-refractivity contribution < 1.29 is 8.81 Å². The Bertz CT molecular complexity index is 800. The van der Waals surface area contributed by atoms with E-state index in [-0.39, 0.29) is 5.02 Å². The van der Waals surface area contributed by atoms with Crippen LogP contribution < -0.4 is 11.3 Å². The van der Waals surface area contributed by atoms with Crippen molar-refractivity contribution in [2.75, 3.05) is 0 Å². The summed E-state index contributed by atoms with van der Waals surface area (Å²) < 4.78 is 19.5. The van der Waals surface area contributed by atoms with E-state index in [9.17, 15) is 4.39 Å². The minimum Gasteiger partial charge on any atom is -0.459 e. The Labute approximate surface area is 126 Å².